The minimum Gasteiger partial charge on any atom is -0.478 e. The van der Waals surface area contributed by atoms with Gasteiger partial charge in [-0.3, -0.25) is 0 Å². The zero-order valence-corrected chi connectivity index (χ0v) is 4.72. The summed E-state index contributed by atoms with van der Waals surface area (Å²) < 4.78 is 0. The predicted octanol–water partition coefficient (Wildman–Crippen LogP) is -0.153. The van der Waals surface area contributed by atoms with Crippen LogP contribution < -0.4 is 5.32 Å². The zero-order valence-electron chi connectivity index (χ0n) is 4.72. The number of rotatable bonds is 3. The molecule has 46 valence electrons. The second-order valence-corrected chi connectivity index (χ2v) is 1.30. The summed E-state index contributed by atoms with van der Waals surface area (Å²) in [6.07, 6.45) is 2.65. The van der Waals surface area contributed by atoms with Gasteiger partial charge in [-0.25, -0.2) is 4.79 Å². The summed E-state index contributed by atoms with van der Waals surface area (Å²) in [6.45, 7) is 0.603. The highest BCUT2D eigenvalue weighted by atomic mass is 16.4. The molecule has 0 rings (SSSR count). The van der Waals surface area contributed by atoms with Crippen LogP contribution in [0.4, 0.5) is 0 Å². The van der Waals surface area contributed by atoms with Crippen molar-refractivity contribution >= 4 is 5.97 Å². The summed E-state index contributed by atoms with van der Waals surface area (Å²) in [6, 6.07) is 0. The van der Waals surface area contributed by atoms with Crippen molar-refractivity contribution in [3.05, 3.63) is 12.2 Å². The fourth-order valence-corrected chi connectivity index (χ4v) is 0.278. The van der Waals surface area contributed by atoms with Gasteiger partial charge in [0.1, 0.15) is 0 Å². The van der Waals surface area contributed by atoms with Crippen molar-refractivity contribution < 1.29 is 9.90 Å². The fraction of sp³-hybridized carbons (Fsp3) is 0.400. The van der Waals surface area contributed by atoms with Gasteiger partial charge in [-0.05, 0) is 7.05 Å². The molecule has 0 saturated heterocycles. The summed E-state index contributed by atoms with van der Waals surface area (Å²) in [5.41, 5.74) is 0. The lowest BCUT2D eigenvalue weighted by Gasteiger charge is -1.83. The van der Waals surface area contributed by atoms with Gasteiger partial charge in [-0.15, -0.1) is 0 Å². The van der Waals surface area contributed by atoms with Gasteiger partial charge in [-0.1, -0.05) is 6.08 Å². The van der Waals surface area contributed by atoms with Crippen LogP contribution in [0.2, 0.25) is 0 Å². The molecule has 0 unspecified atom stereocenters. The maximum absolute atomic E-state index is 9.76. The van der Waals surface area contributed by atoms with Crippen molar-refractivity contribution in [3.63, 3.8) is 0 Å². The van der Waals surface area contributed by atoms with E-state index < -0.39 is 5.97 Å². The number of carboxylic acids is 1. The van der Waals surface area contributed by atoms with Crippen molar-refractivity contribution in [3.8, 4) is 0 Å². The van der Waals surface area contributed by atoms with Crippen LogP contribution in [0.5, 0.6) is 0 Å². The Morgan fingerprint density at radius 2 is 2.50 bits per heavy atom. The van der Waals surface area contributed by atoms with E-state index in [2.05, 4.69) is 5.32 Å². The second-order valence-electron chi connectivity index (χ2n) is 1.30. The second kappa shape index (κ2) is 4.33. The third kappa shape index (κ3) is 5.17. The van der Waals surface area contributed by atoms with E-state index in [1.54, 1.807) is 13.1 Å². The first-order valence-corrected chi connectivity index (χ1v) is 2.31. The third-order valence-electron chi connectivity index (χ3n) is 0.582. The number of aliphatic carboxylic acids is 1. The normalized spacial score (nSPS) is 10.1. The van der Waals surface area contributed by atoms with E-state index in [-0.39, 0.29) is 0 Å². The summed E-state index contributed by atoms with van der Waals surface area (Å²) in [5.74, 6) is -0.903. The highest BCUT2D eigenvalue weighted by Crippen LogP contribution is 1.67. The number of hydrogen-bond acceptors (Lipinski definition) is 2. The van der Waals surface area contributed by atoms with Crippen molar-refractivity contribution in [1.82, 2.24) is 5.32 Å². The van der Waals surface area contributed by atoms with Crippen LogP contribution in [0, 0.1) is 0 Å². The van der Waals surface area contributed by atoms with Gasteiger partial charge in [0.2, 0.25) is 0 Å². The van der Waals surface area contributed by atoms with Crippen LogP contribution in [0.15, 0.2) is 12.2 Å². The molecule has 0 aromatic carbocycles. The summed E-state index contributed by atoms with van der Waals surface area (Å²) in [5, 5.41) is 10.8. The van der Waals surface area contributed by atoms with Gasteiger partial charge in [0.25, 0.3) is 0 Å². The Morgan fingerprint density at radius 1 is 1.88 bits per heavy atom. The molecule has 0 saturated carbocycles. The number of likely N-dealkylation sites (N-methyl/N-ethyl adjacent to an activating group) is 1. The van der Waals surface area contributed by atoms with Crippen molar-refractivity contribution in [2.75, 3.05) is 13.6 Å². The van der Waals surface area contributed by atoms with Gasteiger partial charge in [-0.2, -0.15) is 0 Å². The maximum atomic E-state index is 9.76. The molecule has 0 radical (unpaired) electrons. The predicted molar refractivity (Wildman–Crippen MR) is 30.7 cm³/mol. The van der Waals surface area contributed by atoms with Gasteiger partial charge in [0, 0.05) is 12.6 Å². The average molecular weight is 115 g/mol. The molecule has 0 amide bonds. The van der Waals surface area contributed by atoms with Gasteiger partial charge < -0.3 is 10.4 Å². The van der Waals surface area contributed by atoms with E-state index in [4.69, 9.17) is 5.11 Å². The number of carboxylic acid groups (broad SMARTS) is 1. The van der Waals surface area contributed by atoms with Crippen LogP contribution in [0.1, 0.15) is 0 Å². The van der Waals surface area contributed by atoms with E-state index in [1.807, 2.05) is 0 Å². The van der Waals surface area contributed by atoms with Crippen molar-refractivity contribution in [2.45, 2.75) is 0 Å². The molecule has 0 spiro atoms. The average Bonchev–Trinajstić information content (AvgIpc) is 1.66. The van der Waals surface area contributed by atoms with Crippen LogP contribution in [0.25, 0.3) is 0 Å². The minimum absolute atomic E-state index is 0.603. The lowest BCUT2D eigenvalue weighted by Crippen LogP contribution is -2.04. The molecule has 3 heteroatoms. The highest BCUT2D eigenvalue weighted by molar-refractivity contribution is 5.79. The molecule has 0 aromatic heterocycles. The Hall–Kier alpha value is -0.830. The quantitative estimate of drug-likeness (QED) is 0.503. The first-order chi connectivity index (χ1) is 3.77. The topological polar surface area (TPSA) is 49.3 Å². The van der Waals surface area contributed by atoms with E-state index in [0.29, 0.717) is 6.54 Å². The Balaban J connectivity index is 3.20. The largest absolute Gasteiger partial charge is 0.478 e. The Kier molecular flexibility index (Phi) is 3.88. The van der Waals surface area contributed by atoms with E-state index in [0.717, 1.165) is 6.08 Å². The molecule has 0 heterocycles. The monoisotopic (exact) mass is 115 g/mol. The molecule has 0 aliphatic carbocycles. The molecule has 0 bridgehead atoms. The minimum atomic E-state index is -0.903. The fourth-order valence-electron chi connectivity index (χ4n) is 0.278. The molecule has 0 atom stereocenters. The molecule has 8 heavy (non-hydrogen) atoms. The van der Waals surface area contributed by atoms with Crippen molar-refractivity contribution in [2.24, 2.45) is 0 Å². The first-order valence-electron chi connectivity index (χ1n) is 2.31. The summed E-state index contributed by atoms with van der Waals surface area (Å²) >= 11 is 0. The Bertz CT molecular complexity index is 98.6. The zero-order chi connectivity index (χ0) is 6.41. The lowest BCUT2D eigenvalue weighted by atomic mass is 10.5. The van der Waals surface area contributed by atoms with Gasteiger partial charge in [0.15, 0.2) is 0 Å². The molecular weight excluding hydrogens is 106 g/mol. The lowest BCUT2D eigenvalue weighted by molar-refractivity contribution is -0.131. The number of nitrogens with one attached hydrogen (secondary N) is 1. The molecule has 0 fully saturated rings. The third-order valence-corrected chi connectivity index (χ3v) is 0.582. The Labute approximate surface area is 48.0 Å². The molecule has 0 aliphatic rings. The molecular formula is C5H9NO2. The van der Waals surface area contributed by atoms with E-state index >= 15 is 0 Å². The van der Waals surface area contributed by atoms with E-state index in [1.165, 1.54) is 0 Å². The number of carbonyl (C=O) groups is 1. The standard InChI is InChI=1S/C5H9NO2/c1-6-4-2-3-5(7)8/h2-3,6H,4H2,1H3,(H,7,8)/b3-2+. The van der Waals surface area contributed by atoms with Crippen LogP contribution in [-0.4, -0.2) is 24.7 Å². The summed E-state index contributed by atoms with van der Waals surface area (Å²) in [4.78, 5) is 9.76. The van der Waals surface area contributed by atoms with Crippen molar-refractivity contribution in [1.29, 1.82) is 0 Å². The summed E-state index contributed by atoms with van der Waals surface area (Å²) in [7, 11) is 1.76. The smallest absolute Gasteiger partial charge is 0.328 e. The molecule has 0 aromatic rings. The SMILES string of the molecule is CNC/C=C/C(=O)O. The van der Waals surface area contributed by atoms with Crippen LogP contribution >= 0.6 is 0 Å². The maximum Gasteiger partial charge on any atom is 0.328 e. The van der Waals surface area contributed by atoms with Gasteiger partial charge in [0.05, 0.1) is 0 Å². The molecule has 3 nitrogen and oxygen atoms in total. The number of hydrogen-bond donors (Lipinski definition) is 2. The van der Waals surface area contributed by atoms with E-state index in [9.17, 15) is 4.79 Å². The van der Waals surface area contributed by atoms with Crippen LogP contribution in [0.3, 0.4) is 0 Å². The Morgan fingerprint density at radius 3 is 2.88 bits per heavy atom. The van der Waals surface area contributed by atoms with Crippen LogP contribution in [-0.2, 0) is 4.79 Å². The van der Waals surface area contributed by atoms with Gasteiger partial charge >= 0.3 is 5.97 Å². The first kappa shape index (κ1) is 7.17. The molecule has 0 aliphatic heterocycles. The molecule has 2 N–H and O–H groups in total. The highest BCUT2D eigenvalue weighted by Gasteiger charge is 1.80.